The van der Waals surface area contributed by atoms with Crippen LogP contribution in [-0.2, 0) is 6.54 Å². The number of benzene rings is 1. The van der Waals surface area contributed by atoms with Crippen molar-refractivity contribution in [2.75, 3.05) is 0 Å². The Morgan fingerprint density at radius 1 is 1.37 bits per heavy atom. The second-order valence-corrected chi connectivity index (χ2v) is 4.49. The molecule has 0 bridgehead atoms. The van der Waals surface area contributed by atoms with Crippen molar-refractivity contribution in [3.63, 3.8) is 0 Å². The molecule has 0 N–H and O–H groups in total. The van der Waals surface area contributed by atoms with Gasteiger partial charge in [-0.2, -0.15) is 5.10 Å². The van der Waals surface area contributed by atoms with Crippen LogP contribution in [0.3, 0.4) is 0 Å². The fraction of sp³-hybridized carbons (Fsp3) is 0.308. The number of rotatable bonds is 3. The van der Waals surface area contributed by atoms with Crippen molar-refractivity contribution in [1.82, 2.24) is 9.78 Å². The van der Waals surface area contributed by atoms with Gasteiger partial charge in [0.25, 0.3) is 5.69 Å². The van der Waals surface area contributed by atoms with E-state index >= 15 is 0 Å². The van der Waals surface area contributed by atoms with Gasteiger partial charge in [0.2, 0.25) is 0 Å². The van der Waals surface area contributed by atoms with Crippen molar-refractivity contribution in [3.8, 4) is 0 Å². The number of nitrogens with zero attached hydrogens (tertiary/aromatic N) is 3. The summed E-state index contributed by atoms with van der Waals surface area (Å²) in [6.45, 7) is 6.04. The summed E-state index contributed by atoms with van der Waals surface area (Å²) in [4.78, 5) is 9.94. The normalized spacial score (nSPS) is 10.7. The molecule has 2 aromatic rings. The quantitative estimate of drug-likeness (QED) is 0.632. The molecule has 0 aliphatic rings. The molecule has 0 radical (unpaired) electrons. The van der Waals surface area contributed by atoms with E-state index in [4.69, 9.17) is 0 Å². The molecule has 0 unspecified atom stereocenters. The SMILES string of the molecule is Cc1nn(Cc2ccc([N+](=O)[O-])cc2F)c(C)c1C. The molecule has 1 heterocycles. The van der Waals surface area contributed by atoms with E-state index in [0.717, 1.165) is 23.0 Å². The first kappa shape index (κ1) is 13.2. The summed E-state index contributed by atoms with van der Waals surface area (Å²) >= 11 is 0. The van der Waals surface area contributed by atoms with Crippen molar-refractivity contribution in [2.24, 2.45) is 0 Å². The van der Waals surface area contributed by atoms with E-state index in [9.17, 15) is 14.5 Å². The number of hydrogen-bond donors (Lipinski definition) is 0. The number of halogens is 1. The topological polar surface area (TPSA) is 61.0 Å². The first-order valence-corrected chi connectivity index (χ1v) is 5.83. The predicted octanol–water partition coefficient (Wildman–Crippen LogP) is 2.90. The monoisotopic (exact) mass is 263 g/mol. The lowest BCUT2D eigenvalue weighted by Crippen LogP contribution is -2.06. The highest BCUT2D eigenvalue weighted by Crippen LogP contribution is 2.19. The smallest absolute Gasteiger partial charge is 0.265 e. The van der Waals surface area contributed by atoms with Crippen molar-refractivity contribution >= 4 is 5.69 Å². The third-order valence-electron chi connectivity index (χ3n) is 3.31. The maximum Gasteiger partial charge on any atom is 0.272 e. The summed E-state index contributed by atoms with van der Waals surface area (Å²) in [5.74, 6) is -0.584. The van der Waals surface area contributed by atoms with Gasteiger partial charge in [-0.15, -0.1) is 0 Å². The fourth-order valence-corrected chi connectivity index (χ4v) is 1.88. The Balaban J connectivity index is 2.33. The van der Waals surface area contributed by atoms with Gasteiger partial charge in [-0.25, -0.2) is 4.39 Å². The van der Waals surface area contributed by atoms with Gasteiger partial charge in [0.1, 0.15) is 5.82 Å². The molecule has 100 valence electrons. The van der Waals surface area contributed by atoms with Crippen molar-refractivity contribution in [2.45, 2.75) is 27.3 Å². The lowest BCUT2D eigenvalue weighted by atomic mass is 10.2. The van der Waals surface area contributed by atoms with Crippen LogP contribution < -0.4 is 0 Å². The highest BCUT2D eigenvalue weighted by atomic mass is 19.1. The average Bonchev–Trinajstić information content (AvgIpc) is 2.59. The van der Waals surface area contributed by atoms with Crippen LogP contribution in [0, 0.1) is 36.7 Å². The number of nitro benzene ring substituents is 1. The molecule has 6 heteroatoms. The van der Waals surface area contributed by atoms with Gasteiger partial charge < -0.3 is 0 Å². The second kappa shape index (κ2) is 4.79. The molecule has 5 nitrogen and oxygen atoms in total. The van der Waals surface area contributed by atoms with Gasteiger partial charge in [0.05, 0.1) is 23.2 Å². The molecule has 2 rings (SSSR count). The second-order valence-electron chi connectivity index (χ2n) is 4.49. The highest BCUT2D eigenvalue weighted by molar-refractivity contribution is 5.34. The summed E-state index contributed by atoms with van der Waals surface area (Å²) in [6, 6.07) is 3.67. The minimum atomic E-state index is -0.611. The molecule has 1 aromatic carbocycles. The molecule has 0 aliphatic heterocycles. The molecule has 0 saturated carbocycles. The number of nitro groups is 1. The predicted molar refractivity (Wildman–Crippen MR) is 68.6 cm³/mol. The molecule has 0 amide bonds. The molecule has 19 heavy (non-hydrogen) atoms. The van der Waals surface area contributed by atoms with Crippen molar-refractivity contribution in [1.29, 1.82) is 0 Å². The van der Waals surface area contributed by atoms with Crippen LogP contribution in [0.25, 0.3) is 0 Å². The Kier molecular flexibility index (Phi) is 3.33. The molecule has 0 spiro atoms. The molecule has 0 fully saturated rings. The first-order valence-electron chi connectivity index (χ1n) is 5.83. The fourth-order valence-electron chi connectivity index (χ4n) is 1.88. The molecule has 0 aliphatic carbocycles. The zero-order valence-electron chi connectivity index (χ0n) is 11.0. The van der Waals surface area contributed by atoms with E-state index in [0.29, 0.717) is 5.56 Å². The van der Waals surface area contributed by atoms with E-state index in [1.54, 1.807) is 4.68 Å². The Morgan fingerprint density at radius 3 is 2.53 bits per heavy atom. The standard InChI is InChI=1S/C13H14FN3O2/c1-8-9(2)15-16(10(8)3)7-11-4-5-12(17(18)19)6-13(11)14/h4-6H,7H2,1-3H3. The molecular weight excluding hydrogens is 249 g/mol. The van der Waals surface area contributed by atoms with Crippen LogP contribution in [0.4, 0.5) is 10.1 Å². The van der Waals surface area contributed by atoms with Crippen molar-refractivity contribution < 1.29 is 9.31 Å². The number of aromatic nitrogens is 2. The van der Waals surface area contributed by atoms with Gasteiger partial charge in [-0.3, -0.25) is 14.8 Å². The Bertz CT molecular complexity index is 650. The van der Waals surface area contributed by atoms with Gasteiger partial charge in [0.15, 0.2) is 0 Å². The highest BCUT2D eigenvalue weighted by Gasteiger charge is 2.13. The van der Waals surface area contributed by atoms with Gasteiger partial charge >= 0.3 is 0 Å². The summed E-state index contributed by atoms with van der Waals surface area (Å²) in [7, 11) is 0. The summed E-state index contributed by atoms with van der Waals surface area (Å²) in [6.07, 6.45) is 0. The van der Waals surface area contributed by atoms with Crippen LogP contribution in [0.15, 0.2) is 18.2 Å². The van der Waals surface area contributed by atoms with Crippen LogP contribution >= 0.6 is 0 Å². The van der Waals surface area contributed by atoms with Crippen LogP contribution in [0.1, 0.15) is 22.5 Å². The van der Waals surface area contributed by atoms with Gasteiger partial charge in [-0.05, 0) is 32.4 Å². The summed E-state index contributed by atoms with van der Waals surface area (Å²) < 4.78 is 15.5. The molecule has 0 saturated heterocycles. The zero-order valence-corrected chi connectivity index (χ0v) is 11.0. The Labute approximate surface area is 109 Å². The van der Waals surface area contributed by atoms with Crippen LogP contribution in [0.2, 0.25) is 0 Å². The first-order chi connectivity index (χ1) is 8.90. The summed E-state index contributed by atoms with van der Waals surface area (Å²) in [5, 5.41) is 14.9. The van der Waals surface area contributed by atoms with Gasteiger partial charge in [0, 0.05) is 17.3 Å². The average molecular weight is 263 g/mol. The summed E-state index contributed by atoms with van der Waals surface area (Å²) in [5.41, 5.74) is 3.08. The Hall–Kier alpha value is -2.24. The van der Waals surface area contributed by atoms with E-state index in [2.05, 4.69) is 5.10 Å². The zero-order chi connectivity index (χ0) is 14.2. The molecule has 0 atom stereocenters. The third kappa shape index (κ3) is 2.47. The minimum absolute atomic E-state index is 0.245. The van der Waals surface area contributed by atoms with Crippen LogP contribution in [0.5, 0.6) is 0 Å². The van der Waals surface area contributed by atoms with E-state index < -0.39 is 10.7 Å². The van der Waals surface area contributed by atoms with E-state index in [1.165, 1.54) is 12.1 Å². The maximum atomic E-state index is 13.8. The minimum Gasteiger partial charge on any atom is -0.265 e. The lowest BCUT2D eigenvalue weighted by Gasteiger charge is -2.06. The number of hydrogen-bond acceptors (Lipinski definition) is 3. The maximum absolute atomic E-state index is 13.8. The third-order valence-corrected chi connectivity index (χ3v) is 3.31. The van der Waals surface area contributed by atoms with E-state index in [1.807, 2.05) is 20.8 Å². The largest absolute Gasteiger partial charge is 0.272 e. The van der Waals surface area contributed by atoms with Crippen molar-refractivity contribution in [3.05, 3.63) is 56.6 Å². The van der Waals surface area contributed by atoms with Gasteiger partial charge in [-0.1, -0.05) is 0 Å². The lowest BCUT2D eigenvalue weighted by molar-refractivity contribution is -0.385. The van der Waals surface area contributed by atoms with Crippen LogP contribution in [-0.4, -0.2) is 14.7 Å². The number of non-ortho nitro benzene ring substituents is 1. The molecular formula is C13H14FN3O2. The van der Waals surface area contributed by atoms with E-state index in [-0.39, 0.29) is 12.2 Å². The number of aryl methyl sites for hydroxylation is 1. The molecule has 1 aromatic heterocycles. The Morgan fingerprint density at radius 2 is 2.05 bits per heavy atom.